The van der Waals surface area contributed by atoms with Gasteiger partial charge in [-0.2, -0.15) is 4.31 Å². The lowest BCUT2D eigenvalue weighted by molar-refractivity contribution is 0.0668. The van der Waals surface area contributed by atoms with E-state index < -0.39 is 20.0 Å². The molecule has 0 radical (unpaired) electrons. The van der Waals surface area contributed by atoms with E-state index in [9.17, 15) is 21.6 Å². The molecule has 2 aromatic rings. The van der Waals surface area contributed by atoms with Crippen molar-refractivity contribution in [1.29, 1.82) is 0 Å². The Morgan fingerprint density at radius 1 is 1.10 bits per heavy atom. The fraction of sp³-hybridized carbons (Fsp3) is 0.500. The molecule has 1 aromatic heterocycles. The highest BCUT2D eigenvalue weighted by Crippen LogP contribution is 2.26. The predicted octanol–water partition coefficient (Wildman–Crippen LogP) is 0.981. The quantitative estimate of drug-likeness (QED) is 0.714. The summed E-state index contributed by atoms with van der Waals surface area (Å²) < 4.78 is 58.3. The Balaban J connectivity index is 1.50. The van der Waals surface area contributed by atoms with Crippen LogP contribution in [0, 0.1) is 0 Å². The summed E-state index contributed by atoms with van der Waals surface area (Å²) in [6.07, 6.45) is 1.69. The molecule has 0 unspecified atom stereocenters. The molecule has 1 aliphatic carbocycles. The summed E-state index contributed by atoms with van der Waals surface area (Å²) in [5, 5.41) is 0.527. The van der Waals surface area contributed by atoms with E-state index in [2.05, 4.69) is 4.72 Å². The second-order valence-electron chi connectivity index (χ2n) is 7.30. The zero-order valence-electron chi connectivity index (χ0n) is 16.0. The molecule has 4 rings (SSSR count). The van der Waals surface area contributed by atoms with Crippen molar-refractivity contribution in [1.82, 2.24) is 13.9 Å². The van der Waals surface area contributed by atoms with E-state index in [1.165, 1.54) is 22.5 Å². The van der Waals surface area contributed by atoms with Gasteiger partial charge in [-0.05, 0) is 44.0 Å². The van der Waals surface area contributed by atoms with Gasteiger partial charge in [0.1, 0.15) is 5.58 Å². The van der Waals surface area contributed by atoms with E-state index in [-0.39, 0.29) is 54.5 Å². The Bertz CT molecular complexity index is 1140. The molecule has 0 atom stereocenters. The molecule has 2 aliphatic rings. The first-order valence-corrected chi connectivity index (χ1v) is 12.6. The summed E-state index contributed by atoms with van der Waals surface area (Å²) in [4.78, 5) is 14.4. The Morgan fingerprint density at radius 3 is 2.41 bits per heavy atom. The predicted molar refractivity (Wildman–Crippen MR) is 106 cm³/mol. The average Bonchev–Trinajstić information content (AvgIpc) is 3.40. The number of hydrogen-bond donors (Lipinski definition) is 1. The molecular weight excluding hydrogens is 418 g/mol. The Labute approximate surface area is 169 Å². The van der Waals surface area contributed by atoms with Gasteiger partial charge in [-0.15, -0.1) is 0 Å². The molecule has 9 nitrogen and oxygen atoms in total. The monoisotopic (exact) mass is 441 g/mol. The Kier molecular flexibility index (Phi) is 5.18. The molecule has 0 spiro atoms. The minimum atomic E-state index is -3.59. The molecule has 1 saturated heterocycles. The van der Waals surface area contributed by atoms with Crippen LogP contribution in [0.3, 0.4) is 0 Å². The first-order valence-electron chi connectivity index (χ1n) is 9.52. The van der Waals surface area contributed by atoms with Crippen molar-refractivity contribution < 1.29 is 26.0 Å². The summed E-state index contributed by atoms with van der Waals surface area (Å²) in [5.41, 5.74) is 0.422. The molecular formula is C18H23N3O6S2. The van der Waals surface area contributed by atoms with E-state index >= 15 is 0 Å². The summed E-state index contributed by atoms with van der Waals surface area (Å²) in [5.74, 6) is -0.197. The SMILES string of the molecule is CCS(=O)(=O)N1CCN(C(=O)c2cc3cc(S(=O)(=O)NC4CC4)ccc3o2)CC1. The van der Waals surface area contributed by atoms with Crippen LogP contribution in [0.4, 0.5) is 0 Å². The van der Waals surface area contributed by atoms with Gasteiger partial charge in [-0.25, -0.2) is 21.6 Å². The number of rotatable bonds is 6. The Morgan fingerprint density at radius 2 is 1.79 bits per heavy atom. The molecule has 2 fully saturated rings. The molecule has 11 heteroatoms. The van der Waals surface area contributed by atoms with Crippen LogP contribution >= 0.6 is 0 Å². The molecule has 1 aromatic carbocycles. The number of nitrogens with one attached hydrogen (secondary N) is 1. The topological polar surface area (TPSA) is 117 Å². The second-order valence-corrected chi connectivity index (χ2v) is 11.3. The van der Waals surface area contributed by atoms with Crippen molar-refractivity contribution in [2.24, 2.45) is 0 Å². The fourth-order valence-electron chi connectivity index (χ4n) is 3.29. The molecule has 1 amide bonds. The molecule has 158 valence electrons. The van der Waals surface area contributed by atoms with Crippen molar-refractivity contribution in [2.45, 2.75) is 30.7 Å². The van der Waals surface area contributed by atoms with Crippen LogP contribution < -0.4 is 4.72 Å². The molecule has 1 saturated carbocycles. The van der Waals surface area contributed by atoms with Crippen LogP contribution in [0.2, 0.25) is 0 Å². The van der Waals surface area contributed by atoms with Crippen molar-refractivity contribution in [3.63, 3.8) is 0 Å². The normalized spacial score (nSPS) is 19.0. The number of hydrogen-bond acceptors (Lipinski definition) is 6. The summed E-state index contributed by atoms with van der Waals surface area (Å²) in [6.45, 7) is 2.64. The van der Waals surface area contributed by atoms with Gasteiger partial charge in [-0.3, -0.25) is 4.79 Å². The number of nitrogens with zero attached hydrogens (tertiary/aromatic N) is 2. The van der Waals surface area contributed by atoms with Gasteiger partial charge in [0, 0.05) is 37.6 Å². The summed E-state index contributed by atoms with van der Waals surface area (Å²) in [6, 6.07) is 6.03. The van der Waals surface area contributed by atoms with Crippen LogP contribution in [0.25, 0.3) is 11.0 Å². The lowest BCUT2D eigenvalue weighted by Gasteiger charge is -2.33. The summed E-state index contributed by atoms with van der Waals surface area (Å²) >= 11 is 0. The highest BCUT2D eigenvalue weighted by atomic mass is 32.2. The summed E-state index contributed by atoms with van der Waals surface area (Å²) in [7, 11) is -6.86. The van der Waals surface area contributed by atoms with Crippen LogP contribution in [0.1, 0.15) is 30.3 Å². The number of carbonyl (C=O) groups excluding carboxylic acids is 1. The zero-order valence-corrected chi connectivity index (χ0v) is 17.6. The van der Waals surface area contributed by atoms with Gasteiger partial charge in [0.05, 0.1) is 10.6 Å². The van der Waals surface area contributed by atoms with E-state index in [0.717, 1.165) is 12.8 Å². The minimum Gasteiger partial charge on any atom is -0.451 e. The maximum Gasteiger partial charge on any atom is 0.289 e. The fourth-order valence-corrected chi connectivity index (χ4v) is 5.72. The number of benzene rings is 1. The van der Waals surface area contributed by atoms with Gasteiger partial charge >= 0.3 is 0 Å². The molecule has 2 heterocycles. The smallest absolute Gasteiger partial charge is 0.289 e. The lowest BCUT2D eigenvalue weighted by atomic mass is 10.2. The number of furan rings is 1. The van der Waals surface area contributed by atoms with E-state index in [1.54, 1.807) is 17.9 Å². The highest BCUT2D eigenvalue weighted by molar-refractivity contribution is 7.89. The lowest BCUT2D eigenvalue weighted by Crippen LogP contribution is -2.50. The molecule has 0 bridgehead atoms. The van der Waals surface area contributed by atoms with Crippen molar-refractivity contribution in [3.8, 4) is 0 Å². The van der Waals surface area contributed by atoms with Crippen molar-refractivity contribution in [2.75, 3.05) is 31.9 Å². The number of fused-ring (bicyclic) bond motifs is 1. The third-order valence-corrected chi connectivity index (χ3v) is 8.59. The maximum absolute atomic E-state index is 12.8. The van der Waals surface area contributed by atoms with Crippen LogP contribution in [0.5, 0.6) is 0 Å². The number of amides is 1. The zero-order chi connectivity index (χ0) is 20.8. The van der Waals surface area contributed by atoms with Gasteiger partial charge < -0.3 is 9.32 Å². The third-order valence-electron chi connectivity index (χ3n) is 5.19. The van der Waals surface area contributed by atoms with Gasteiger partial charge in [0.15, 0.2) is 5.76 Å². The highest BCUT2D eigenvalue weighted by Gasteiger charge is 2.30. The average molecular weight is 442 g/mol. The van der Waals surface area contributed by atoms with Crippen molar-refractivity contribution in [3.05, 3.63) is 30.0 Å². The van der Waals surface area contributed by atoms with Crippen molar-refractivity contribution >= 4 is 36.9 Å². The third kappa shape index (κ3) is 4.18. The number of sulfonamides is 2. The van der Waals surface area contributed by atoms with Gasteiger partial charge in [0.25, 0.3) is 5.91 Å². The largest absolute Gasteiger partial charge is 0.451 e. The maximum atomic E-state index is 12.8. The van der Waals surface area contributed by atoms with Crippen LogP contribution in [-0.2, 0) is 20.0 Å². The van der Waals surface area contributed by atoms with E-state index in [0.29, 0.717) is 11.0 Å². The van der Waals surface area contributed by atoms with Gasteiger partial charge in [0.2, 0.25) is 20.0 Å². The van der Waals surface area contributed by atoms with E-state index in [4.69, 9.17) is 4.42 Å². The van der Waals surface area contributed by atoms with Crippen LogP contribution in [-0.4, -0.2) is 69.9 Å². The van der Waals surface area contributed by atoms with Crippen LogP contribution in [0.15, 0.2) is 33.6 Å². The first kappa shape index (κ1) is 20.3. The number of carbonyl (C=O) groups is 1. The molecule has 1 N–H and O–H groups in total. The second kappa shape index (κ2) is 7.38. The molecule has 29 heavy (non-hydrogen) atoms. The minimum absolute atomic E-state index is 0.00683. The molecule has 1 aliphatic heterocycles. The standard InChI is InChI=1S/C18H23N3O6S2/c1-2-28(23,24)21-9-7-20(8-10-21)18(22)17-12-13-11-15(5-6-16(13)27-17)29(25,26)19-14-3-4-14/h5-6,11-12,14,19H,2-4,7-10H2,1H3. The first-order chi connectivity index (χ1) is 13.7. The number of piperazine rings is 1. The Hall–Kier alpha value is -1.95. The van der Waals surface area contributed by atoms with Gasteiger partial charge in [-0.1, -0.05) is 0 Å². The van der Waals surface area contributed by atoms with E-state index in [1.807, 2.05) is 0 Å².